The van der Waals surface area contributed by atoms with Crippen molar-refractivity contribution in [2.45, 2.75) is 24.9 Å². The molecule has 0 radical (unpaired) electrons. The van der Waals surface area contributed by atoms with Crippen molar-refractivity contribution in [3.8, 4) is 17.2 Å². The summed E-state index contributed by atoms with van der Waals surface area (Å²) >= 11 is 0. The fraction of sp³-hybridized carbons (Fsp3) is 0.152. The maximum Gasteiger partial charge on any atom is 0.260 e. The van der Waals surface area contributed by atoms with Crippen LogP contribution in [0, 0.1) is 0 Å². The van der Waals surface area contributed by atoms with E-state index >= 15 is 0 Å². The largest absolute Gasteiger partial charge is 0.507 e. The van der Waals surface area contributed by atoms with Gasteiger partial charge in [0, 0.05) is 11.6 Å². The molecule has 0 fully saturated rings. The monoisotopic (exact) mass is 606 g/mol. The number of aryl methyl sites for hydroxylation is 1. The number of carbonyl (C=O) groups is 4. The summed E-state index contributed by atoms with van der Waals surface area (Å²) in [6.45, 7) is 0.205. The Bertz CT molecular complexity index is 2180. The number of rotatable bonds is 5. The summed E-state index contributed by atoms with van der Waals surface area (Å²) in [5.74, 6) is -6.72. The number of aromatic amines is 1. The number of methoxy groups -OCH3 is 1. The number of phenolic OH excluding ortho intramolecular Hbond substituents is 3. The number of phenols is 3. The number of ether oxygens (including phenoxy) is 1. The standard InChI is InChI=1S/C33H22N2O10/c1-44-19-11-18(36)21-22(26(19)37)28(39)24-23(27(21)38)30(41)33(31(24)42)8-7-15-9-16-10-17(35-32(43)20(16)29(40)25(15)33)12-34-45-13-14-5-3-2-4-6-14/h2-6,9-12,38-40H,7-8,13H2,1H3,(H,35,43)/t33-/m0/s1. The molecule has 0 amide bonds. The van der Waals surface area contributed by atoms with Crippen LogP contribution in [0.4, 0.5) is 0 Å². The minimum Gasteiger partial charge on any atom is -0.507 e. The Kier molecular flexibility index (Phi) is 6.01. The molecule has 45 heavy (non-hydrogen) atoms. The average molecular weight is 607 g/mol. The molecular weight excluding hydrogens is 584 g/mol. The highest BCUT2D eigenvalue weighted by molar-refractivity contribution is 6.38. The molecule has 1 atom stereocenters. The number of benzene rings is 3. The van der Waals surface area contributed by atoms with E-state index in [2.05, 4.69) is 10.1 Å². The van der Waals surface area contributed by atoms with Crippen LogP contribution in [0.2, 0.25) is 0 Å². The third-order valence-corrected chi connectivity index (χ3v) is 8.60. The number of nitrogens with zero attached hydrogens (tertiary/aromatic N) is 1. The van der Waals surface area contributed by atoms with Crippen molar-refractivity contribution in [1.82, 2.24) is 4.98 Å². The van der Waals surface area contributed by atoms with Gasteiger partial charge in [0.15, 0.2) is 23.1 Å². The summed E-state index contributed by atoms with van der Waals surface area (Å²) in [4.78, 5) is 75.1. The molecule has 0 unspecified atom stereocenters. The van der Waals surface area contributed by atoms with Crippen molar-refractivity contribution >= 4 is 40.1 Å². The SMILES string of the molecule is COC1=CC(=O)c2c(O)c3c(c(O)c2C1=O)C(=O)[C@]1(CCc2cc4cc(C=NOCc5ccccc5)[nH]c(=O)c4c(O)c21)C3=O. The number of allylic oxidation sites excluding steroid dienone is 2. The van der Waals surface area contributed by atoms with Crippen LogP contribution in [0.15, 0.2) is 64.3 Å². The molecule has 3 aliphatic carbocycles. The molecule has 4 N–H and O–H groups in total. The van der Waals surface area contributed by atoms with Gasteiger partial charge in [0.05, 0.1) is 46.7 Å². The molecule has 1 heterocycles. The van der Waals surface area contributed by atoms with E-state index in [-0.39, 0.29) is 36.1 Å². The summed E-state index contributed by atoms with van der Waals surface area (Å²) in [7, 11) is 1.13. The fourth-order valence-corrected chi connectivity index (χ4v) is 6.61. The predicted octanol–water partition coefficient (Wildman–Crippen LogP) is 3.37. The number of Topliss-reactive ketones (excluding diaryl/α,β-unsaturated/α-hetero) is 3. The van der Waals surface area contributed by atoms with Gasteiger partial charge in [0.25, 0.3) is 5.56 Å². The predicted molar refractivity (Wildman–Crippen MR) is 157 cm³/mol. The Labute approximate surface area is 252 Å². The number of carbonyl (C=O) groups excluding carboxylic acids is 4. The highest BCUT2D eigenvalue weighted by atomic mass is 16.6. The molecular formula is C33H22N2O10. The van der Waals surface area contributed by atoms with Crippen LogP contribution in [0.1, 0.15) is 70.2 Å². The van der Waals surface area contributed by atoms with Crippen LogP contribution >= 0.6 is 0 Å². The van der Waals surface area contributed by atoms with Gasteiger partial charge in [-0.1, -0.05) is 41.6 Å². The molecule has 3 aliphatic rings. The van der Waals surface area contributed by atoms with E-state index in [1.54, 1.807) is 12.1 Å². The minimum absolute atomic E-state index is 0.120. The molecule has 224 valence electrons. The van der Waals surface area contributed by atoms with Crippen molar-refractivity contribution in [1.29, 1.82) is 0 Å². The second kappa shape index (κ2) is 9.74. The summed E-state index contributed by atoms with van der Waals surface area (Å²) in [5.41, 5.74) is -3.98. The highest BCUT2D eigenvalue weighted by Crippen LogP contribution is 2.57. The molecule has 7 rings (SSSR count). The van der Waals surface area contributed by atoms with Crippen molar-refractivity contribution in [3.05, 3.63) is 109 Å². The molecule has 12 heteroatoms. The van der Waals surface area contributed by atoms with Gasteiger partial charge in [-0.15, -0.1) is 0 Å². The number of aromatic nitrogens is 1. The first-order chi connectivity index (χ1) is 21.6. The summed E-state index contributed by atoms with van der Waals surface area (Å²) in [6, 6.07) is 12.5. The lowest BCUT2D eigenvalue weighted by Crippen LogP contribution is -2.36. The summed E-state index contributed by atoms with van der Waals surface area (Å²) in [5, 5.41) is 37.8. The van der Waals surface area contributed by atoms with Crippen molar-refractivity contribution in [2.75, 3.05) is 7.11 Å². The molecule has 1 aromatic heterocycles. The van der Waals surface area contributed by atoms with E-state index in [0.29, 0.717) is 10.9 Å². The maximum absolute atomic E-state index is 14.1. The first-order valence-electron chi connectivity index (χ1n) is 13.8. The van der Waals surface area contributed by atoms with Gasteiger partial charge in [-0.25, -0.2) is 0 Å². The average Bonchev–Trinajstić information content (AvgIpc) is 3.51. The normalized spacial score (nSPS) is 18.5. The molecule has 12 nitrogen and oxygen atoms in total. The Hall–Kier alpha value is -6.04. The number of aromatic hydroxyl groups is 3. The minimum atomic E-state index is -2.11. The van der Waals surface area contributed by atoms with E-state index in [0.717, 1.165) is 18.7 Å². The van der Waals surface area contributed by atoms with Gasteiger partial charge < -0.3 is 29.9 Å². The van der Waals surface area contributed by atoms with Crippen LogP contribution in [0.25, 0.3) is 10.8 Å². The Morgan fingerprint density at radius 3 is 2.29 bits per heavy atom. The lowest BCUT2D eigenvalue weighted by Gasteiger charge is -2.22. The molecule has 0 aliphatic heterocycles. The molecule has 1 spiro atoms. The van der Waals surface area contributed by atoms with E-state index in [1.165, 1.54) is 6.21 Å². The van der Waals surface area contributed by atoms with Crippen molar-refractivity contribution in [3.63, 3.8) is 0 Å². The van der Waals surface area contributed by atoms with E-state index in [4.69, 9.17) is 9.57 Å². The third-order valence-electron chi connectivity index (χ3n) is 8.60. The Morgan fingerprint density at radius 1 is 0.911 bits per heavy atom. The number of nitrogens with one attached hydrogen (secondary N) is 1. The van der Waals surface area contributed by atoms with Crippen LogP contribution in [0.5, 0.6) is 17.2 Å². The molecule has 0 saturated heterocycles. The van der Waals surface area contributed by atoms with E-state index in [1.807, 2.05) is 30.3 Å². The molecule has 3 aromatic carbocycles. The fourth-order valence-electron chi connectivity index (χ4n) is 6.61. The first-order valence-corrected chi connectivity index (χ1v) is 13.8. The van der Waals surface area contributed by atoms with E-state index in [9.17, 15) is 39.3 Å². The zero-order valence-electron chi connectivity index (χ0n) is 23.5. The maximum atomic E-state index is 14.1. The van der Waals surface area contributed by atoms with E-state index < -0.39 is 79.4 Å². The van der Waals surface area contributed by atoms with Gasteiger partial charge >= 0.3 is 0 Å². The van der Waals surface area contributed by atoms with Gasteiger partial charge in [0.1, 0.15) is 29.3 Å². The zero-order chi connectivity index (χ0) is 31.8. The Balaban J connectivity index is 1.32. The van der Waals surface area contributed by atoms with Gasteiger partial charge in [-0.3, -0.25) is 24.0 Å². The lowest BCUT2D eigenvalue weighted by atomic mass is 9.76. The number of fused-ring (bicyclic) bond motifs is 5. The highest BCUT2D eigenvalue weighted by Gasteiger charge is 2.61. The second-order valence-electron chi connectivity index (χ2n) is 10.9. The molecule has 0 saturated carbocycles. The smallest absolute Gasteiger partial charge is 0.260 e. The number of hydrogen-bond acceptors (Lipinski definition) is 11. The quantitative estimate of drug-likeness (QED) is 0.113. The number of H-pyrrole nitrogens is 1. The number of hydrogen-bond donors (Lipinski definition) is 4. The Morgan fingerprint density at radius 2 is 1.60 bits per heavy atom. The van der Waals surface area contributed by atoms with Gasteiger partial charge in [0.2, 0.25) is 5.78 Å². The third kappa shape index (κ3) is 3.71. The van der Waals surface area contributed by atoms with Crippen LogP contribution < -0.4 is 5.56 Å². The zero-order valence-corrected chi connectivity index (χ0v) is 23.5. The van der Waals surface area contributed by atoms with Crippen molar-refractivity contribution < 1.29 is 44.1 Å². The second-order valence-corrected chi connectivity index (χ2v) is 10.9. The van der Waals surface area contributed by atoms with Crippen LogP contribution in [-0.4, -0.2) is 56.8 Å². The number of pyridine rings is 1. The molecule has 0 bridgehead atoms. The first kappa shape index (κ1) is 27.8. The summed E-state index contributed by atoms with van der Waals surface area (Å²) in [6.07, 6.45) is 2.08. The summed E-state index contributed by atoms with van der Waals surface area (Å²) < 4.78 is 4.92. The number of oxime groups is 1. The van der Waals surface area contributed by atoms with Crippen molar-refractivity contribution in [2.24, 2.45) is 5.16 Å². The van der Waals surface area contributed by atoms with Crippen LogP contribution in [0.3, 0.4) is 0 Å². The van der Waals surface area contributed by atoms with Crippen LogP contribution in [-0.2, 0) is 28.0 Å². The molecule has 4 aromatic rings. The van der Waals surface area contributed by atoms with Gasteiger partial charge in [-0.2, -0.15) is 0 Å². The topological polar surface area (TPSA) is 193 Å². The number of ketones is 4. The van der Waals surface area contributed by atoms with Gasteiger partial charge in [-0.05, 0) is 35.4 Å². The lowest BCUT2D eigenvalue weighted by molar-refractivity contribution is 0.0790.